The average Bonchev–Trinajstić information content (AvgIpc) is 3.05. The molecule has 0 radical (unpaired) electrons. The predicted octanol–water partition coefficient (Wildman–Crippen LogP) is 2.52. The number of aromatic nitrogens is 5. The van der Waals surface area contributed by atoms with E-state index in [2.05, 4.69) is 37.0 Å². The summed E-state index contributed by atoms with van der Waals surface area (Å²) in [7, 11) is 1.49. The van der Waals surface area contributed by atoms with Gasteiger partial charge >= 0.3 is 0 Å². The summed E-state index contributed by atoms with van der Waals surface area (Å²) in [5.74, 6) is 1.73. The van der Waals surface area contributed by atoms with Gasteiger partial charge in [-0.3, -0.25) is 5.10 Å². The van der Waals surface area contributed by atoms with Crippen LogP contribution in [0, 0.1) is 0 Å². The summed E-state index contributed by atoms with van der Waals surface area (Å²) in [6, 6.07) is 1.63. The lowest BCUT2D eigenvalue weighted by Gasteiger charge is -2.37. The maximum Gasteiger partial charge on any atom is 0.266 e. The molecule has 10 heteroatoms. The molecule has 0 unspecified atom stereocenters. The maximum absolute atomic E-state index is 6.22. The summed E-state index contributed by atoms with van der Waals surface area (Å²) in [5.41, 5.74) is 7.14. The van der Waals surface area contributed by atoms with Crippen molar-refractivity contribution in [1.82, 2.24) is 25.1 Å². The number of hydrogen-bond acceptors (Lipinski definition) is 8. The van der Waals surface area contributed by atoms with Crippen LogP contribution in [-0.4, -0.2) is 50.9 Å². The molecule has 4 rings (SSSR count). The standard InChI is InChI=1S/C17H20ClN7O2/c1-17(19)4-7-25(8-5-17)11-9-21-13-14(22-11)23-24-16(13)27-10-3-6-20-15(26-2)12(10)18/h3,6,9H,4-5,7-8,19H2,1-2H3,(H,22,23,24). The van der Waals surface area contributed by atoms with Crippen LogP contribution in [0.15, 0.2) is 18.5 Å². The molecule has 0 atom stereocenters. The Balaban J connectivity index is 1.58. The molecule has 3 N–H and O–H groups in total. The van der Waals surface area contributed by atoms with Crippen molar-refractivity contribution in [3.63, 3.8) is 0 Å². The highest BCUT2D eigenvalue weighted by atomic mass is 35.5. The molecule has 1 aliphatic heterocycles. The number of anilines is 1. The molecule has 0 spiro atoms. The number of pyridine rings is 1. The van der Waals surface area contributed by atoms with Crippen molar-refractivity contribution in [3.05, 3.63) is 23.5 Å². The summed E-state index contributed by atoms with van der Waals surface area (Å²) in [6.07, 6.45) is 5.08. The molecule has 1 saturated heterocycles. The van der Waals surface area contributed by atoms with Crippen molar-refractivity contribution < 1.29 is 9.47 Å². The normalized spacial score (nSPS) is 16.5. The fraction of sp³-hybridized carbons (Fsp3) is 0.412. The first-order chi connectivity index (χ1) is 13.0. The zero-order chi connectivity index (χ0) is 19.0. The highest BCUT2D eigenvalue weighted by Gasteiger charge is 2.27. The predicted molar refractivity (Wildman–Crippen MR) is 102 cm³/mol. The molecule has 3 aromatic heterocycles. The summed E-state index contributed by atoms with van der Waals surface area (Å²) >= 11 is 6.22. The Hall–Kier alpha value is -2.65. The van der Waals surface area contributed by atoms with Crippen LogP contribution in [0.3, 0.4) is 0 Å². The number of nitrogens with one attached hydrogen (secondary N) is 1. The van der Waals surface area contributed by atoms with Gasteiger partial charge < -0.3 is 20.1 Å². The first-order valence-corrected chi connectivity index (χ1v) is 8.96. The van der Waals surface area contributed by atoms with E-state index in [1.807, 2.05) is 0 Å². The third kappa shape index (κ3) is 3.47. The number of aromatic amines is 1. The Morgan fingerprint density at radius 1 is 1.26 bits per heavy atom. The van der Waals surface area contributed by atoms with E-state index in [-0.39, 0.29) is 22.3 Å². The number of halogens is 1. The molecule has 9 nitrogen and oxygen atoms in total. The number of ether oxygens (including phenoxy) is 2. The minimum Gasteiger partial charge on any atom is -0.480 e. The number of nitrogens with two attached hydrogens (primary N) is 1. The van der Waals surface area contributed by atoms with Gasteiger partial charge in [-0.15, -0.1) is 5.10 Å². The SMILES string of the molecule is COc1nccc(Oc2n[nH]c3nc(N4CCC(C)(N)CC4)cnc23)c1Cl. The molecule has 0 saturated carbocycles. The van der Waals surface area contributed by atoms with Crippen LogP contribution in [-0.2, 0) is 0 Å². The molecule has 142 valence electrons. The van der Waals surface area contributed by atoms with Gasteiger partial charge in [0.05, 0.1) is 13.3 Å². The quantitative estimate of drug-likeness (QED) is 0.699. The molecule has 0 bridgehead atoms. The van der Waals surface area contributed by atoms with E-state index in [0.29, 0.717) is 16.9 Å². The van der Waals surface area contributed by atoms with Crippen molar-refractivity contribution in [1.29, 1.82) is 0 Å². The second kappa shape index (κ2) is 6.82. The first kappa shape index (κ1) is 17.7. The molecule has 1 fully saturated rings. The van der Waals surface area contributed by atoms with E-state index in [4.69, 9.17) is 26.8 Å². The van der Waals surface area contributed by atoms with Gasteiger partial charge in [0.2, 0.25) is 5.88 Å². The van der Waals surface area contributed by atoms with Gasteiger partial charge in [-0.1, -0.05) is 11.6 Å². The molecule has 27 heavy (non-hydrogen) atoms. The van der Waals surface area contributed by atoms with Crippen LogP contribution < -0.4 is 20.1 Å². The minimum atomic E-state index is -0.117. The zero-order valence-electron chi connectivity index (χ0n) is 15.1. The van der Waals surface area contributed by atoms with Crippen molar-refractivity contribution in [2.24, 2.45) is 5.73 Å². The lowest BCUT2D eigenvalue weighted by atomic mass is 9.91. The van der Waals surface area contributed by atoms with Gasteiger partial charge in [-0.25, -0.2) is 15.0 Å². The van der Waals surface area contributed by atoms with Crippen LogP contribution in [0.2, 0.25) is 5.02 Å². The average molecular weight is 390 g/mol. The summed E-state index contributed by atoms with van der Waals surface area (Å²) in [4.78, 5) is 15.3. The molecule has 4 heterocycles. The minimum absolute atomic E-state index is 0.117. The van der Waals surface area contributed by atoms with Crippen molar-refractivity contribution >= 4 is 28.6 Å². The van der Waals surface area contributed by atoms with Crippen LogP contribution in [0.5, 0.6) is 17.5 Å². The zero-order valence-corrected chi connectivity index (χ0v) is 15.8. The second-order valence-electron chi connectivity index (χ2n) is 6.83. The lowest BCUT2D eigenvalue weighted by Crippen LogP contribution is -2.48. The van der Waals surface area contributed by atoms with Crippen LogP contribution in [0.25, 0.3) is 11.2 Å². The van der Waals surface area contributed by atoms with E-state index in [9.17, 15) is 0 Å². The molecule has 1 aliphatic rings. The number of piperidine rings is 1. The highest BCUT2D eigenvalue weighted by molar-refractivity contribution is 6.33. The van der Waals surface area contributed by atoms with Gasteiger partial charge in [0, 0.05) is 30.9 Å². The van der Waals surface area contributed by atoms with E-state index in [0.717, 1.165) is 31.7 Å². The second-order valence-corrected chi connectivity index (χ2v) is 7.21. The number of nitrogens with zero attached hydrogens (tertiary/aromatic N) is 5. The molecule has 0 amide bonds. The Labute approximate surface area is 160 Å². The molecular weight excluding hydrogens is 370 g/mol. The number of H-pyrrole nitrogens is 1. The maximum atomic E-state index is 6.22. The number of fused-ring (bicyclic) bond motifs is 1. The van der Waals surface area contributed by atoms with Gasteiger partial charge in [0.1, 0.15) is 10.8 Å². The van der Waals surface area contributed by atoms with Gasteiger partial charge in [0.25, 0.3) is 5.88 Å². The van der Waals surface area contributed by atoms with Gasteiger partial charge in [-0.2, -0.15) is 0 Å². The summed E-state index contributed by atoms with van der Waals surface area (Å²) in [5, 5.41) is 7.29. The first-order valence-electron chi connectivity index (χ1n) is 8.58. The Kier molecular flexibility index (Phi) is 4.48. The Morgan fingerprint density at radius 2 is 2.04 bits per heavy atom. The summed E-state index contributed by atoms with van der Waals surface area (Å²) in [6.45, 7) is 3.77. The van der Waals surface area contributed by atoms with Crippen LogP contribution in [0.1, 0.15) is 19.8 Å². The third-order valence-electron chi connectivity index (χ3n) is 4.68. The van der Waals surface area contributed by atoms with Crippen molar-refractivity contribution in [3.8, 4) is 17.5 Å². The van der Waals surface area contributed by atoms with E-state index in [1.165, 1.54) is 7.11 Å². The highest BCUT2D eigenvalue weighted by Crippen LogP contribution is 2.35. The number of rotatable bonds is 4. The third-order valence-corrected chi connectivity index (χ3v) is 5.03. The fourth-order valence-electron chi connectivity index (χ4n) is 2.97. The summed E-state index contributed by atoms with van der Waals surface area (Å²) < 4.78 is 10.9. The van der Waals surface area contributed by atoms with Crippen LogP contribution in [0.4, 0.5) is 5.82 Å². The topological polar surface area (TPSA) is 115 Å². The number of methoxy groups -OCH3 is 1. The fourth-order valence-corrected chi connectivity index (χ4v) is 3.20. The van der Waals surface area contributed by atoms with E-state index >= 15 is 0 Å². The smallest absolute Gasteiger partial charge is 0.266 e. The van der Waals surface area contributed by atoms with E-state index < -0.39 is 0 Å². The van der Waals surface area contributed by atoms with Crippen molar-refractivity contribution in [2.75, 3.05) is 25.1 Å². The van der Waals surface area contributed by atoms with Gasteiger partial charge in [-0.05, 0) is 19.8 Å². The number of hydrogen-bond donors (Lipinski definition) is 2. The van der Waals surface area contributed by atoms with Crippen LogP contribution >= 0.6 is 11.6 Å². The van der Waals surface area contributed by atoms with Crippen molar-refractivity contribution in [2.45, 2.75) is 25.3 Å². The Morgan fingerprint density at radius 3 is 2.78 bits per heavy atom. The lowest BCUT2D eigenvalue weighted by molar-refractivity contribution is 0.363. The molecule has 0 aliphatic carbocycles. The Bertz CT molecular complexity index is 965. The molecule has 3 aromatic rings. The van der Waals surface area contributed by atoms with Gasteiger partial charge in [0.15, 0.2) is 16.9 Å². The monoisotopic (exact) mass is 389 g/mol. The van der Waals surface area contributed by atoms with E-state index in [1.54, 1.807) is 18.5 Å². The molecule has 0 aromatic carbocycles. The largest absolute Gasteiger partial charge is 0.480 e. The molecular formula is C17H20ClN7O2.